The molecule has 1 N–H and O–H groups in total. The van der Waals surface area contributed by atoms with Crippen LogP contribution in [0.15, 0.2) is 24.3 Å². The van der Waals surface area contributed by atoms with E-state index in [4.69, 9.17) is 4.74 Å². The molecule has 0 aromatic heterocycles. The molecule has 1 heterocycles. The molecular weight excluding hydrogens is 183 g/mol. The first-order valence-corrected chi connectivity index (χ1v) is 4.81. The molecule has 76 valence electrons. The van der Waals surface area contributed by atoms with E-state index in [0.717, 1.165) is 5.56 Å². The second-order valence-electron chi connectivity index (χ2n) is 3.59. The second-order valence-corrected chi connectivity index (χ2v) is 3.59. The number of rotatable bonds is 1. The summed E-state index contributed by atoms with van der Waals surface area (Å²) >= 11 is 0. The van der Waals surface area contributed by atoms with Crippen molar-refractivity contribution in [1.29, 1.82) is 0 Å². The van der Waals surface area contributed by atoms with Crippen molar-refractivity contribution < 1.29 is 14.2 Å². The summed E-state index contributed by atoms with van der Waals surface area (Å²) in [5, 5.41) is 9.44. The molecule has 1 aromatic rings. The molecule has 1 aliphatic rings. The Labute approximate surface area is 82.3 Å². The molecule has 0 unspecified atom stereocenters. The third kappa shape index (κ3) is 2.11. The van der Waals surface area contributed by atoms with Crippen molar-refractivity contribution >= 4 is 0 Å². The van der Waals surface area contributed by atoms with Gasteiger partial charge in [-0.25, -0.2) is 4.39 Å². The molecule has 0 amide bonds. The van der Waals surface area contributed by atoms with Crippen LogP contribution in [-0.2, 0) is 4.74 Å². The Morgan fingerprint density at radius 2 is 2.00 bits per heavy atom. The summed E-state index contributed by atoms with van der Waals surface area (Å²) in [7, 11) is 0. The van der Waals surface area contributed by atoms with Gasteiger partial charge in [-0.05, 0) is 24.1 Å². The maximum absolute atomic E-state index is 12.6. The van der Waals surface area contributed by atoms with Gasteiger partial charge >= 0.3 is 0 Å². The number of aliphatic hydroxyl groups excluding tert-OH is 1. The number of benzene rings is 1. The predicted molar refractivity (Wildman–Crippen MR) is 50.3 cm³/mol. The van der Waals surface area contributed by atoms with E-state index in [2.05, 4.69) is 0 Å². The summed E-state index contributed by atoms with van der Waals surface area (Å²) in [4.78, 5) is 0. The first kappa shape index (κ1) is 9.62. The number of aliphatic hydroxyl groups is 1. The van der Waals surface area contributed by atoms with Crippen LogP contribution in [0.25, 0.3) is 0 Å². The zero-order valence-electron chi connectivity index (χ0n) is 7.82. The highest BCUT2D eigenvalue weighted by Crippen LogP contribution is 2.27. The minimum atomic E-state index is -0.293. The maximum atomic E-state index is 12.6. The van der Waals surface area contributed by atoms with Crippen LogP contribution >= 0.6 is 0 Å². The fourth-order valence-electron chi connectivity index (χ4n) is 1.69. The van der Waals surface area contributed by atoms with E-state index in [0.29, 0.717) is 19.4 Å². The van der Waals surface area contributed by atoms with Crippen LogP contribution in [0, 0.1) is 5.82 Å². The van der Waals surface area contributed by atoms with Gasteiger partial charge in [0.25, 0.3) is 0 Å². The predicted octanol–water partition coefficient (Wildman–Crippen LogP) is 2.04. The first-order valence-electron chi connectivity index (χ1n) is 4.81. The van der Waals surface area contributed by atoms with E-state index < -0.39 is 0 Å². The summed E-state index contributed by atoms with van der Waals surface area (Å²) in [6.45, 7) is 0.573. The lowest BCUT2D eigenvalue weighted by molar-refractivity contribution is -0.0448. The quantitative estimate of drug-likeness (QED) is 0.744. The number of hydrogen-bond donors (Lipinski definition) is 1. The molecule has 0 spiro atoms. The highest BCUT2D eigenvalue weighted by Gasteiger charge is 2.21. The van der Waals surface area contributed by atoms with Crippen LogP contribution in [0.4, 0.5) is 4.39 Å². The van der Waals surface area contributed by atoms with Gasteiger partial charge in [0.2, 0.25) is 0 Å². The average Bonchev–Trinajstić information content (AvgIpc) is 2.19. The molecule has 0 saturated carbocycles. The van der Waals surface area contributed by atoms with Gasteiger partial charge in [-0.1, -0.05) is 12.1 Å². The summed E-state index contributed by atoms with van der Waals surface area (Å²) in [6.07, 6.45) is 0.918. The Hall–Kier alpha value is -0.930. The van der Waals surface area contributed by atoms with Gasteiger partial charge in [-0.3, -0.25) is 0 Å². The van der Waals surface area contributed by atoms with Crippen LogP contribution in [0.1, 0.15) is 24.5 Å². The number of hydrogen-bond acceptors (Lipinski definition) is 2. The molecule has 1 aliphatic heterocycles. The van der Waals surface area contributed by atoms with Gasteiger partial charge in [-0.15, -0.1) is 0 Å². The smallest absolute Gasteiger partial charge is 0.123 e. The highest BCUT2D eigenvalue weighted by atomic mass is 19.1. The SMILES string of the molecule is O[C@H]1CCO[C@H](c2ccc(F)cc2)C1. The molecule has 2 rings (SSSR count). The monoisotopic (exact) mass is 196 g/mol. The van der Waals surface area contributed by atoms with Crippen molar-refractivity contribution in [1.82, 2.24) is 0 Å². The van der Waals surface area contributed by atoms with Gasteiger partial charge in [-0.2, -0.15) is 0 Å². The summed E-state index contributed by atoms with van der Waals surface area (Å²) in [5.74, 6) is -0.245. The lowest BCUT2D eigenvalue weighted by Crippen LogP contribution is -2.23. The topological polar surface area (TPSA) is 29.5 Å². The molecule has 2 atom stereocenters. The van der Waals surface area contributed by atoms with E-state index >= 15 is 0 Å². The van der Waals surface area contributed by atoms with Gasteiger partial charge in [0, 0.05) is 13.0 Å². The molecular formula is C11H13FO2. The minimum absolute atomic E-state index is 0.0839. The van der Waals surface area contributed by atoms with E-state index in [9.17, 15) is 9.50 Å². The van der Waals surface area contributed by atoms with Crippen molar-refractivity contribution in [2.75, 3.05) is 6.61 Å². The Bertz CT molecular complexity index is 297. The van der Waals surface area contributed by atoms with E-state index in [1.54, 1.807) is 12.1 Å². The van der Waals surface area contributed by atoms with Crippen LogP contribution in [0.5, 0.6) is 0 Å². The second kappa shape index (κ2) is 4.07. The summed E-state index contributed by atoms with van der Waals surface area (Å²) < 4.78 is 18.1. The van der Waals surface area contributed by atoms with Gasteiger partial charge in [0.05, 0.1) is 12.2 Å². The minimum Gasteiger partial charge on any atom is -0.393 e. The van der Waals surface area contributed by atoms with Gasteiger partial charge < -0.3 is 9.84 Å². The third-order valence-corrected chi connectivity index (χ3v) is 2.50. The van der Waals surface area contributed by atoms with Crippen molar-refractivity contribution in [3.05, 3.63) is 35.6 Å². The van der Waals surface area contributed by atoms with Crippen molar-refractivity contribution in [2.24, 2.45) is 0 Å². The Kier molecular flexibility index (Phi) is 2.79. The molecule has 0 aliphatic carbocycles. The Morgan fingerprint density at radius 3 is 2.64 bits per heavy atom. The number of halogens is 1. The molecule has 3 heteroatoms. The summed E-state index contributed by atoms with van der Waals surface area (Å²) in [5.41, 5.74) is 0.935. The van der Waals surface area contributed by atoms with Crippen molar-refractivity contribution in [3.8, 4) is 0 Å². The molecule has 1 aromatic carbocycles. The van der Waals surface area contributed by atoms with Gasteiger partial charge in [0.1, 0.15) is 5.82 Å². The molecule has 1 saturated heterocycles. The normalized spacial score (nSPS) is 27.6. The molecule has 14 heavy (non-hydrogen) atoms. The zero-order chi connectivity index (χ0) is 9.97. The van der Waals surface area contributed by atoms with E-state index in [1.807, 2.05) is 0 Å². The first-order chi connectivity index (χ1) is 6.75. The number of ether oxygens (including phenoxy) is 1. The molecule has 2 nitrogen and oxygen atoms in total. The largest absolute Gasteiger partial charge is 0.393 e. The zero-order valence-corrected chi connectivity index (χ0v) is 7.82. The van der Waals surface area contributed by atoms with E-state index in [-0.39, 0.29) is 18.0 Å². The summed E-state index contributed by atoms with van der Waals surface area (Å²) in [6, 6.07) is 6.25. The fraction of sp³-hybridized carbons (Fsp3) is 0.455. The maximum Gasteiger partial charge on any atom is 0.123 e. The van der Waals surface area contributed by atoms with Gasteiger partial charge in [0.15, 0.2) is 0 Å². The van der Waals surface area contributed by atoms with E-state index in [1.165, 1.54) is 12.1 Å². The standard InChI is InChI=1S/C11H13FO2/c12-9-3-1-8(2-4-9)11-7-10(13)5-6-14-11/h1-4,10-11,13H,5-7H2/t10-,11-/m0/s1. The third-order valence-electron chi connectivity index (χ3n) is 2.50. The Morgan fingerprint density at radius 1 is 1.29 bits per heavy atom. The van der Waals surface area contributed by atoms with Crippen molar-refractivity contribution in [3.63, 3.8) is 0 Å². The van der Waals surface area contributed by atoms with Crippen LogP contribution in [-0.4, -0.2) is 17.8 Å². The highest BCUT2D eigenvalue weighted by molar-refractivity contribution is 5.19. The lowest BCUT2D eigenvalue weighted by Gasteiger charge is -2.26. The Balaban J connectivity index is 2.10. The van der Waals surface area contributed by atoms with Crippen molar-refractivity contribution in [2.45, 2.75) is 25.0 Å². The average molecular weight is 196 g/mol. The molecule has 1 fully saturated rings. The molecule has 0 bridgehead atoms. The molecule has 0 radical (unpaired) electrons. The fourth-order valence-corrected chi connectivity index (χ4v) is 1.69. The van der Waals surface area contributed by atoms with Crippen LogP contribution in [0.3, 0.4) is 0 Å². The lowest BCUT2D eigenvalue weighted by atomic mass is 9.99. The van der Waals surface area contributed by atoms with Crippen LogP contribution < -0.4 is 0 Å². The van der Waals surface area contributed by atoms with Crippen LogP contribution in [0.2, 0.25) is 0 Å².